The third kappa shape index (κ3) is 3.27. The molecular weight excluding hydrogens is 374 g/mol. The van der Waals surface area contributed by atoms with Gasteiger partial charge in [-0.15, -0.1) is 0 Å². The highest BCUT2D eigenvalue weighted by Crippen LogP contribution is 2.55. The summed E-state index contributed by atoms with van der Waals surface area (Å²) in [6, 6.07) is -0.880. The minimum Gasteiger partial charge on any atom is -0.322 e. The summed E-state index contributed by atoms with van der Waals surface area (Å²) in [5.41, 5.74) is -10.3. The molecule has 0 bridgehead atoms. The molecule has 1 aromatic rings. The molecule has 0 amide bonds. The topological polar surface area (TPSA) is 38.0 Å². The number of anilines is 1. The average Bonchev–Trinajstić information content (AvgIpc) is 2.32. The van der Waals surface area contributed by atoms with Crippen molar-refractivity contribution in [2.45, 2.75) is 24.2 Å². The molecule has 13 heteroatoms. The van der Waals surface area contributed by atoms with E-state index in [1.54, 1.807) is 0 Å². The highest BCUT2D eigenvalue weighted by molar-refractivity contribution is 6.33. The first-order valence-corrected chi connectivity index (χ1v) is 5.65. The number of hydrogen-bond donors (Lipinski definition) is 2. The number of halogens is 11. The van der Waals surface area contributed by atoms with Crippen molar-refractivity contribution in [3.05, 3.63) is 28.3 Å². The first-order chi connectivity index (χ1) is 10.1. The molecular formula is C10H5ClF10N2. The maximum absolute atomic E-state index is 13.8. The largest absolute Gasteiger partial charge is 0.435 e. The van der Waals surface area contributed by atoms with Gasteiger partial charge < -0.3 is 5.43 Å². The van der Waals surface area contributed by atoms with Crippen LogP contribution >= 0.6 is 11.6 Å². The maximum atomic E-state index is 13.8. The third-order valence-corrected chi connectivity index (χ3v) is 3.02. The number of alkyl halides is 10. The Morgan fingerprint density at radius 2 is 1.26 bits per heavy atom. The molecule has 0 fully saturated rings. The average molecular weight is 379 g/mol. The van der Waals surface area contributed by atoms with Crippen LogP contribution in [0.4, 0.5) is 49.6 Å². The van der Waals surface area contributed by atoms with Crippen LogP contribution in [0.15, 0.2) is 12.1 Å². The Morgan fingerprint density at radius 3 is 1.57 bits per heavy atom. The molecule has 0 aromatic heterocycles. The minimum absolute atomic E-state index is 0.229. The Balaban J connectivity index is 3.82. The summed E-state index contributed by atoms with van der Waals surface area (Å²) in [5, 5.41) is -1.27. The second-order valence-electron chi connectivity index (χ2n) is 4.18. The van der Waals surface area contributed by atoms with Crippen molar-refractivity contribution in [1.82, 2.24) is 0 Å². The summed E-state index contributed by atoms with van der Waals surface area (Å²) in [5.74, 6) is 4.71. The van der Waals surface area contributed by atoms with E-state index in [4.69, 9.17) is 17.4 Å². The van der Waals surface area contributed by atoms with E-state index in [9.17, 15) is 43.9 Å². The molecule has 0 saturated heterocycles. The highest BCUT2D eigenvalue weighted by Gasteiger charge is 2.73. The van der Waals surface area contributed by atoms with Crippen LogP contribution in [0.3, 0.4) is 0 Å². The molecule has 3 N–H and O–H groups in total. The van der Waals surface area contributed by atoms with Gasteiger partial charge >= 0.3 is 24.2 Å². The second-order valence-corrected chi connectivity index (χ2v) is 4.58. The molecule has 0 aliphatic carbocycles. The van der Waals surface area contributed by atoms with E-state index in [0.29, 0.717) is 0 Å². The zero-order valence-electron chi connectivity index (χ0n) is 10.4. The lowest BCUT2D eigenvalue weighted by molar-refractivity contribution is -0.348. The zero-order chi connectivity index (χ0) is 18.4. The zero-order valence-corrected chi connectivity index (χ0v) is 11.1. The summed E-state index contributed by atoms with van der Waals surface area (Å²) in [7, 11) is 0. The Hall–Kier alpha value is -1.43. The molecule has 0 saturated carbocycles. The quantitative estimate of drug-likeness (QED) is 0.435. The van der Waals surface area contributed by atoms with Gasteiger partial charge in [-0.3, -0.25) is 5.84 Å². The monoisotopic (exact) mass is 378 g/mol. The molecule has 23 heavy (non-hydrogen) atoms. The molecule has 0 aliphatic rings. The molecule has 132 valence electrons. The van der Waals surface area contributed by atoms with E-state index in [1.165, 1.54) is 5.43 Å². The standard InChI is InChI=1S/C10H5ClF10N2/c11-5-2-3(1-4(6(5)23-22)8(13,14)15)7(12,9(16,17)18)10(19,20)21/h1-2,23H,22H2. The number of nitrogen functional groups attached to an aromatic ring is 1. The molecule has 0 unspecified atom stereocenters. The van der Waals surface area contributed by atoms with Crippen molar-refractivity contribution in [3.8, 4) is 0 Å². The predicted octanol–water partition coefficient (Wildman–Crippen LogP) is 4.93. The highest BCUT2D eigenvalue weighted by atomic mass is 35.5. The fourth-order valence-corrected chi connectivity index (χ4v) is 1.94. The summed E-state index contributed by atoms with van der Waals surface area (Å²) >= 11 is 5.20. The normalized spacial score (nSPS) is 14.1. The van der Waals surface area contributed by atoms with Gasteiger partial charge in [0.15, 0.2) is 0 Å². The molecule has 0 radical (unpaired) electrons. The van der Waals surface area contributed by atoms with Crippen molar-refractivity contribution >= 4 is 17.3 Å². The molecule has 0 aliphatic heterocycles. The van der Waals surface area contributed by atoms with Gasteiger partial charge in [-0.2, -0.15) is 39.5 Å². The number of rotatable bonds is 2. The lowest BCUT2D eigenvalue weighted by atomic mass is 9.92. The Morgan fingerprint density at radius 1 is 0.826 bits per heavy atom. The first-order valence-electron chi connectivity index (χ1n) is 5.27. The Kier molecular flexibility index (Phi) is 4.76. The van der Waals surface area contributed by atoms with Crippen molar-refractivity contribution in [2.75, 3.05) is 5.43 Å². The smallest absolute Gasteiger partial charge is 0.322 e. The second kappa shape index (κ2) is 5.58. The van der Waals surface area contributed by atoms with E-state index in [2.05, 4.69) is 0 Å². The molecule has 2 nitrogen and oxygen atoms in total. The van der Waals surface area contributed by atoms with Crippen LogP contribution in [0.1, 0.15) is 11.1 Å². The van der Waals surface area contributed by atoms with Gasteiger partial charge in [0.1, 0.15) is 0 Å². The Labute approximate surface area is 126 Å². The summed E-state index contributed by atoms with van der Waals surface area (Å²) in [4.78, 5) is 0. The lowest BCUT2D eigenvalue weighted by Crippen LogP contribution is -2.50. The van der Waals surface area contributed by atoms with Crippen molar-refractivity contribution in [3.63, 3.8) is 0 Å². The molecule has 1 aromatic carbocycles. The summed E-state index contributed by atoms with van der Waals surface area (Å²) < 4.78 is 127. The fraction of sp³-hybridized carbons (Fsp3) is 0.400. The molecule has 0 atom stereocenters. The van der Waals surface area contributed by atoms with Gasteiger partial charge in [0.25, 0.3) is 0 Å². The van der Waals surface area contributed by atoms with Crippen LogP contribution in [0, 0.1) is 0 Å². The number of hydrogen-bond acceptors (Lipinski definition) is 2. The van der Waals surface area contributed by atoms with E-state index >= 15 is 0 Å². The minimum atomic E-state index is -6.57. The fourth-order valence-electron chi connectivity index (χ4n) is 1.66. The van der Waals surface area contributed by atoms with Gasteiger partial charge in [0.2, 0.25) is 0 Å². The van der Waals surface area contributed by atoms with E-state index in [0.717, 1.165) is 0 Å². The van der Waals surface area contributed by atoms with Gasteiger partial charge in [-0.25, -0.2) is 4.39 Å². The number of hydrazine groups is 1. The predicted molar refractivity (Wildman–Crippen MR) is 59.2 cm³/mol. The SMILES string of the molecule is NNc1c(Cl)cc(C(F)(C(F)(F)F)C(F)(F)F)cc1C(F)(F)F. The molecule has 0 spiro atoms. The van der Waals surface area contributed by atoms with E-state index < -0.39 is 52.1 Å². The van der Waals surface area contributed by atoms with Crippen molar-refractivity contribution < 1.29 is 43.9 Å². The number of nitrogens with two attached hydrogens (primary N) is 1. The van der Waals surface area contributed by atoms with Crippen LogP contribution in [0.5, 0.6) is 0 Å². The maximum Gasteiger partial charge on any atom is 0.435 e. The van der Waals surface area contributed by atoms with Crippen LogP contribution in [0.25, 0.3) is 0 Å². The van der Waals surface area contributed by atoms with Crippen molar-refractivity contribution in [2.24, 2.45) is 5.84 Å². The van der Waals surface area contributed by atoms with Crippen LogP contribution in [0.2, 0.25) is 5.02 Å². The molecule has 1 rings (SSSR count). The van der Waals surface area contributed by atoms with Gasteiger partial charge in [0.05, 0.1) is 16.3 Å². The first kappa shape index (κ1) is 19.6. The van der Waals surface area contributed by atoms with Crippen LogP contribution in [-0.4, -0.2) is 12.4 Å². The van der Waals surface area contributed by atoms with Crippen molar-refractivity contribution in [1.29, 1.82) is 0 Å². The molecule has 0 heterocycles. The lowest BCUT2D eigenvalue weighted by Gasteiger charge is -2.31. The third-order valence-electron chi connectivity index (χ3n) is 2.72. The van der Waals surface area contributed by atoms with E-state index in [-0.39, 0.29) is 6.07 Å². The summed E-state index contributed by atoms with van der Waals surface area (Å²) in [6.45, 7) is 0. The van der Waals surface area contributed by atoms with Crippen LogP contribution in [-0.2, 0) is 11.8 Å². The van der Waals surface area contributed by atoms with E-state index in [1.807, 2.05) is 0 Å². The Bertz CT molecular complexity index is 575. The number of nitrogens with one attached hydrogen (secondary N) is 1. The summed E-state index contributed by atoms with van der Waals surface area (Å²) in [6.07, 6.45) is -18.6. The van der Waals surface area contributed by atoms with Gasteiger partial charge in [-0.1, -0.05) is 11.6 Å². The van der Waals surface area contributed by atoms with Gasteiger partial charge in [-0.05, 0) is 12.1 Å². The van der Waals surface area contributed by atoms with Crippen LogP contribution < -0.4 is 11.3 Å². The number of benzene rings is 1. The van der Waals surface area contributed by atoms with Gasteiger partial charge in [0, 0.05) is 5.56 Å².